The molecule has 0 bridgehead atoms. The zero-order valence-corrected chi connectivity index (χ0v) is 7.69. The summed E-state index contributed by atoms with van der Waals surface area (Å²) in [6, 6.07) is 0. The molecule has 0 aliphatic carbocycles. The van der Waals surface area contributed by atoms with Crippen molar-refractivity contribution < 1.29 is 0 Å². The molecule has 3 heteroatoms. The molecule has 2 heterocycles. The lowest BCUT2D eigenvalue weighted by Crippen LogP contribution is -2.40. The molecule has 0 amide bonds. The van der Waals surface area contributed by atoms with Crippen molar-refractivity contribution in [3.63, 3.8) is 0 Å². The predicted molar refractivity (Wildman–Crippen MR) is 49.8 cm³/mol. The topological polar surface area (TPSA) is 12.0 Å². The van der Waals surface area contributed by atoms with Gasteiger partial charge in [-0.15, -0.1) is 11.8 Å². The molecule has 2 saturated heterocycles. The van der Waals surface area contributed by atoms with Crippen LogP contribution in [0.25, 0.3) is 0 Å². The molecule has 1 spiro atoms. The van der Waals surface area contributed by atoms with E-state index in [2.05, 4.69) is 28.8 Å². The highest BCUT2D eigenvalue weighted by Gasteiger charge is 2.35. The number of rotatable bonds is 0. The molecule has 10 heavy (non-hydrogen) atoms. The van der Waals surface area contributed by atoms with Crippen LogP contribution in [-0.2, 0) is 0 Å². The summed E-state index contributed by atoms with van der Waals surface area (Å²) >= 11 is 4.24. The van der Waals surface area contributed by atoms with Crippen molar-refractivity contribution in [3.05, 3.63) is 0 Å². The third-order valence-electron chi connectivity index (χ3n) is 2.23. The lowest BCUT2D eigenvalue weighted by atomic mass is 10.1. The Labute approximate surface area is 70.7 Å². The van der Waals surface area contributed by atoms with Gasteiger partial charge in [-0.3, -0.25) is 0 Å². The van der Waals surface area contributed by atoms with Gasteiger partial charge in [0.25, 0.3) is 0 Å². The lowest BCUT2D eigenvalue weighted by Gasteiger charge is -2.32. The molecule has 0 aromatic rings. The molecule has 1 N–H and O–H groups in total. The maximum atomic E-state index is 3.62. The third kappa shape index (κ3) is 1.31. The van der Waals surface area contributed by atoms with Gasteiger partial charge in [-0.05, 0) is 24.3 Å². The molecular weight excluding hydrogens is 162 g/mol. The van der Waals surface area contributed by atoms with Crippen molar-refractivity contribution in [2.24, 2.45) is 0 Å². The van der Waals surface area contributed by atoms with E-state index in [1.54, 1.807) is 0 Å². The van der Waals surface area contributed by atoms with E-state index in [4.69, 9.17) is 0 Å². The summed E-state index contributed by atoms with van der Waals surface area (Å²) in [6.45, 7) is 1.23. The highest BCUT2D eigenvalue weighted by molar-refractivity contribution is 8.01. The Morgan fingerprint density at radius 1 is 1.10 bits per heavy atom. The fourth-order valence-electron chi connectivity index (χ4n) is 1.60. The second kappa shape index (κ2) is 2.95. The molecule has 0 saturated carbocycles. The summed E-state index contributed by atoms with van der Waals surface area (Å²) in [4.78, 5) is 0.519. The second-order valence-corrected chi connectivity index (χ2v) is 5.59. The lowest BCUT2D eigenvalue weighted by molar-refractivity contribution is 0.471. The summed E-state index contributed by atoms with van der Waals surface area (Å²) in [5, 5.41) is 3.62. The van der Waals surface area contributed by atoms with Crippen LogP contribution in [-0.4, -0.2) is 28.7 Å². The summed E-state index contributed by atoms with van der Waals surface area (Å²) in [5.41, 5.74) is 0. The Kier molecular flexibility index (Phi) is 2.16. The SMILES string of the molecule is C1CSC2(CCSCC2)N1. The van der Waals surface area contributed by atoms with E-state index in [1.165, 1.54) is 36.6 Å². The molecule has 2 aliphatic rings. The Bertz CT molecular complexity index is 113. The molecular formula is C7H13NS2. The average Bonchev–Trinajstić information content (AvgIpc) is 2.39. The van der Waals surface area contributed by atoms with E-state index in [9.17, 15) is 0 Å². The molecule has 58 valence electrons. The molecule has 0 atom stereocenters. The van der Waals surface area contributed by atoms with Gasteiger partial charge in [-0.2, -0.15) is 11.8 Å². The first-order valence-corrected chi connectivity index (χ1v) is 6.02. The summed E-state index contributed by atoms with van der Waals surface area (Å²) < 4.78 is 0. The van der Waals surface area contributed by atoms with Crippen molar-refractivity contribution in [1.82, 2.24) is 5.32 Å². The minimum absolute atomic E-state index is 0.519. The zero-order valence-electron chi connectivity index (χ0n) is 6.06. The monoisotopic (exact) mass is 175 g/mol. The molecule has 2 aliphatic heterocycles. The number of hydrogen-bond acceptors (Lipinski definition) is 3. The normalized spacial score (nSPS) is 31.2. The van der Waals surface area contributed by atoms with Gasteiger partial charge in [-0.1, -0.05) is 0 Å². The van der Waals surface area contributed by atoms with Crippen LogP contribution < -0.4 is 5.32 Å². The van der Waals surface area contributed by atoms with Crippen molar-refractivity contribution in [2.75, 3.05) is 23.8 Å². The van der Waals surface area contributed by atoms with Gasteiger partial charge in [-0.25, -0.2) is 0 Å². The van der Waals surface area contributed by atoms with Gasteiger partial charge in [0, 0.05) is 12.3 Å². The molecule has 0 aromatic carbocycles. The van der Waals surface area contributed by atoms with E-state index >= 15 is 0 Å². The van der Waals surface area contributed by atoms with E-state index in [0.717, 1.165) is 0 Å². The van der Waals surface area contributed by atoms with Gasteiger partial charge >= 0.3 is 0 Å². The zero-order chi connectivity index (χ0) is 6.86. The third-order valence-corrected chi connectivity index (χ3v) is 4.73. The Morgan fingerprint density at radius 2 is 1.90 bits per heavy atom. The minimum atomic E-state index is 0.519. The van der Waals surface area contributed by atoms with Crippen LogP contribution in [0.3, 0.4) is 0 Å². The van der Waals surface area contributed by atoms with Crippen LogP contribution in [0.1, 0.15) is 12.8 Å². The Morgan fingerprint density at radius 3 is 2.50 bits per heavy atom. The van der Waals surface area contributed by atoms with Crippen LogP contribution in [0.5, 0.6) is 0 Å². The quantitative estimate of drug-likeness (QED) is 0.600. The predicted octanol–water partition coefficient (Wildman–Crippen LogP) is 1.55. The minimum Gasteiger partial charge on any atom is -0.302 e. The largest absolute Gasteiger partial charge is 0.302 e. The average molecular weight is 175 g/mol. The first-order chi connectivity index (χ1) is 4.91. The molecule has 1 nitrogen and oxygen atoms in total. The van der Waals surface area contributed by atoms with Crippen molar-refractivity contribution in [3.8, 4) is 0 Å². The van der Waals surface area contributed by atoms with Crippen molar-refractivity contribution in [2.45, 2.75) is 17.7 Å². The highest BCUT2D eigenvalue weighted by Crippen LogP contribution is 2.38. The van der Waals surface area contributed by atoms with E-state index in [0.29, 0.717) is 4.87 Å². The van der Waals surface area contributed by atoms with E-state index < -0.39 is 0 Å². The van der Waals surface area contributed by atoms with Gasteiger partial charge in [0.05, 0.1) is 4.87 Å². The summed E-state index contributed by atoms with van der Waals surface area (Å²) in [6.07, 6.45) is 2.75. The standard InChI is InChI=1S/C7H13NS2/c1-4-9-5-2-7(1)8-3-6-10-7/h8H,1-6H2. The van der Waals surface area contributed by atoms with Crippen LogP contribution in [0.15, 0.2) is 0 Å². The smallest absolute Gasteiger partial charge is 0.0661 e. The van der Waals surface area contributed by atoms with Gasteiger partial charge < -0.3 is 5.32 Å². The molecule has 0 aromatic heterocycles. The summed E-state index contributed by atoms with van der Waals surface area (Å²) in [7, 11) is 0. The van der Waals surface area contributed by atoms with E-state index in [1.807, 2.05) is 0 Å². The molecule has 0 radical (unpaired) electrons. The number of hydrogen-bond donors (Lipinski definition) is 1. The van der Waals surface area contributed by atoms with Gasteiger partial charge in [0.2, 0.25) is 0 Å². The van der Waals surface area contributed by atoms with Crippen molar-refractivity contribution in [1.29, 1.82) is 0 Å². The molecule has 2 fully saturated rings. The second-order valence-electron chi connectivity index (χ2n) is 2.88. The maximum absolute atomic E-state index is 3.62. The first kappa shape index (κ1) is 7.32. The van der Waals surface area contributed by atoms with Crippen LogP contribution in [0.4, 0.5) is 0 Å². The number of thioether (sulfide) groups is 2. The van der Waals surface area contributed by atoms with Crippen LogP contribution in [0, 0.1) is 0 Å². The Hall–Kier alpha value is 0.660. The first-order valence-electron chi connectivity index (χ1n) is 3.88. The van der Waals surface area contributed by atoms with Crippen LogP contribution >= 0.6 is 23.5 Å². The fraction of sp³-hybridized carbons (Fsp3) is 1.00. The van der Waals surface area contributed by atoms with Gasteiger partial charge in [0.1, 0.15) is 0 Å². The highest BCUT2D eigenvalue weighted by atomic mass is 32.2. The fourth-order valence-corrected chi connectivity index (χ4v) is 4.34. The Balaban J connectivity index is 1.98. The van der Waals surface area contributed by atoms with Crippen molar-refractivity contribution >= 4 is 23.5 Å². The van der Waals surface area contributed by atoms with Gasteiger partial charge in [0.15, 0.2) is 0 Å². The maximum Gasteiger partial charge on any atom is 0.0661 e. The van der Waals surface area contributed by atoms with E-state index in [-0.39, 0.29) is 0 Å². The van der Waals surface area contributed by atoms with Crippen LogP contribution in [0.2, 0.25) is 0 Å². The number of nitrogens with one attached hydrogen (secondary N) is 1. The molecule has 0 unspecified atom stereocenters. The molecule has 2 rings (SSSR count). The summed E-state index contributed by atoms with van der Waals surface area (Å²) in [5.74, 6) is 4.05.